The Labute approximate surface area is 104 Å². The molecule has 2 N–H and O–H groups in total. The maximum absolute atomic E-state index is 11.8. The average molecular weight is 255 g/mol. The molecule has 6 heteroatoms. The van der Waals surface area contributed by atoms with Crippen LogP contribution in [0.4, 0.5) is 9.93 Å². The number of nitrogens with one attached hydrogen (secondary N) is 1. The number of hydrogen-bond donors (Lipinski definition) is 2. The molecule has 1 aliphatic carbocycles. The van der Waals surface area contributed by atoms with Gasteiger partial charge in [-0.3, -0.25) is 5.32 Å². The number of carbonyl (C=O) groups is 1. The zero-order chi connectivity index (χ0) is 12.3. The second kappa shape index (κ2) is 5.46. The standard InChI is InChI=1S/C11H17N3O2S/c1-14(7-8-3-2-4-9(8)15)11(16)13-10-12-5-6-17-10/h5-6,8-9,15H,2-4,7H2,1H3,(H,12,13,16). The van der Waals surface area contributed by atoms with E-state index >= 15 is 0 Å². The summed E-state index contributed by atoms with van der Waals surface area (Å²) >= 11 is 1.39. The molecule has 2 amide bonds. The Kier molecular flexibility index (Phi) is 3.96. The zero-order valence-electron chi connectivity index (χ0n) is 9.80. The van der Waals surface area contributed by atoms with Crippen molar-refractivity contribution in [3.63, 3.8) is 0 Å². The van der Waals surface area contributed by atoms with Crippen molar-refractivity contribution < 1.29 is 9.90 Å². The predicted octanol–water partition coefficient (Wildman–Crippen LogP) is 1.77. The summed E-state index contributed by atoms with van der Waals surface area (Å²) in [4.78, 5) is 17.4. The van der Waals surface area contributed by atoms with Crippen molar-refractivity contribution in [3.8, 4) is 0 Å². The highest BCUT2D eigenvalue weighted by Crippen LogP contribution is 2.26. The lowest BCUT2D eigenvalue weighted by molar-refractivity contribution is 0.116. The number of nitrogens with zero attached hydrogens (tertiary/aromatic N) is 2. The lowest BCUT2D eigenvalue weighted by Gasteiger charge is -2.23. The van der Waals surface area contributed by atoms with Crippen molar-refractivity contribution in [2.45, 2.75) is 25.4 Å². The maximum Gasteiger partial charge on any atom is 0.323 e. The van der Waals surface area contributed by atoms with Gasteiger partial charge in [-0.25, -0.2) is 9.78 Å². The van der Waals surface area contributed by atoms with Crippen LogP contribution in [-0.4, -0.2) is 40.7 Å². The number of rotatable bonds is 3. The lowest BCUT2D eigenvalue weighted by atomic mass is 10.1. The molecule has 1 saturated carbocycles. The molecule has 0 aromatic carbocycles. The molecule has 1 heterocycles. The van der Waals surface area contributed by atoms with E-state index in [2.05, 4.69) is 10.3 Å². The Balaban J connectivity index is 1.83. The van der Waals surface area contributed by atoms with E-state index in [9.17, 15) is 9.90 Å². The fourth-order valence-electron chi connectivity index (χ4n) is 2.14. The first-order valence-corrected chi connectivity index (χ1v) is 6.64. The van der Waals surface area contributed by atoms with Crippen molar-refractivity contribution in [1.29, 1.82) is 0 Å². The van der Waals surface area contributed by atoms with Crippen LogP contribution in [0.1, 0.15) is 19.3 Å². The van der Waals surface area contributed by atoms with Gasteiger partial charge in [0.05, 0.1) is 6.10 Å². The summed E-state index contributed by atoms with van der Waals surface area (Å²) in [5.41, 5.74) is 0. The quantitative estimate of drug-likeness (QED) is 0.865. The van der Waals surface area contributed by atoms with E-state index in [1.165, 1.54) is 11.3 Å². The topological polar surface area (TPSA) is 65.5 Å². The molecule has 2 atom stereocenters. The molecule has 0 spiro atoms. The molecule has 1 aromatic rings. The smallest absolute Gasteiger partial charge is 0.323 e. The van der Waals surface area contributed by atoms with Crippen molar-refractivity contribution in [2.24, 2.45) is 5.92 Å². The largest absolute Gasteiger partial charge is 0.393 e. The molecular formula is C11H17N3O2S. The highest BCUT2D eigenvalue weighted by molar-refractivity contribution is 7.13. The van der Waals surface area contributed by atoms with Crippen LogP contribution >= 0.6 is 11.3 Å². The van der Waals surface area contributed by atoms with Crippen LogP contribution in [0.2, 0.25) is 0 Å². The summed E-state index contributed by atoms with van der Waals surface area (Å²) < 4.78 is 0. The Bertz CT molecular complexity index is 369. The van der Waals surface area contributed by atoms with Gasteiger partial charge in [0, 0.05) is 31.1 Å². The number of amides is 2. The van der Waals surface area contributed by atoms with Crippen molar-refractivity contribution in [2.75, 3.05) is 18.9 Å². The number of aliphatic hydroxyl groups excluding tert-OH is 1. The highest BCUT2D eigenvalue weighted by Gasteiger charge is 2.27. The van der Waals surface area contributed by atoms with Gasteiger partial charge in [0.15, 0.2) is 5.13 Å². The molecule has 1 fully saturated rings. The summed E-state index contributed by atoms with van der Waals surface area (Å²) in [5, 5.41) is 14.9. The Morgan fingerprint density at radius 3 is 3.12 bits per heavy atom. The van der Waals surface area contributed by atoms with Crippen LogP contribution in [0.5, 0.6) is 0 Å². The van der Waals surface area contributed by atoms with Crippen LogP contribution in [0.25, 0.3) is 0 Å². The number of carbonyl (C=O) groups excluding carboxylic acids is 1. The second-order valence-corrected chi connectivity index (χ2v) is 5.30. The number of hydrogen-bond acceptors (Lipinski definition) is 4. The van der Waals surface area contributed by atoms with Crippen LogP contribution in [0.3, 0.4) is 0 Å². The van der Waals surface area contributed by atoms with Gasteiger partial charge in [-0.15, -0.1) is 11.3 Å². The third kappa shape index (κ3) is 3.17. The van der Waals surface area contributed by atoms with Gasteiger partial charge in [-0.2, -0.15) is 0 Å². The summed E-state index contributed by atoms with van der Waals surface area (Å²) in [5.74, 6) is 0.210. The van der Waals surface area contributed by atoms with E-state index < -0.39 is 0 Å². The van der Waals surface area contributed by atoms with Gasteiger partial charge in [0.25, 0.3) is 0 Å². The highest BCUT2D eigenvalue weighted by atomic mass is 32.1. The molecule has 1 aromatic heterocycles. The summed E-state index contributed by atoms with van der Waals surface area (Å²) in [6, 6.07) is -0.168. The Hall–Kier alpha value is -1.14. The van der Waals surface area contributed by atoms with E-state index in [1.807, 2.05) is 5.38 Å². The molecule has 5 nitrogen and oxygen atoms in total. The zero-order valence-corrected chi connectivity index (χ0v) is 10.6. The first-order chi connectivity index (χ1) is 8.16. The molecule has 0 aliphatic heterocycles. The van der Waals surface area contributed by atoms with Gasteiger partial charge in [0.2, 0.25) is 0 Å². The van der Waals surface area contributed by atoms with E-state index in [-0.39, 0.29) is 18.1 Å². The molecule has 17 heavy (non-hydrogen) atoms. The molecule has 94 valence electrons. The molecule has 2 unspecified atom stereocenters. The minimum Gasteiger partial charge on any atom is -0.393 e. The maximum atomic E-state index is 11.8. The SMILES string of the molecule is CN(CC1CCCC1O)C(=O)Nc1nccs1. The van der Waals surface area contributed by atoms with Gasteiger partial charge < -0.3 is 10.0 Å². The molecule has 0 saturated heterocycles. The van der Waals surface area contributed by atoms with Gasteiger partial charge >= 0.3 is 6.03 Å². The molecule has 1 aliphatic rings. The van der Waals surface area contributed by atoms with Gasteiger partial charge in [0.1, 0.15) is 0 Å². The van der Waals surface area contributed by atoms with Gasteiger partial charge in [-0.05, 0) is 12.8 Å². The molecule has 0 radical (unpaired) electrons. The van der Waals surface area contributed by atoms with E-state index in [0.29, 0.717) is 11.7 Å². The number of thiazole rings is 1. The molecular weight excluding hydrogens is 238 g/mol. The Morgan fingerprint density at radius 1 is 1.71 bits per heavy atom. The molecule has 0 bridgehead atoms. The summed E-state index contributed by atoms with van der Waals surface area (Å²) in [6.45, 7) is 0.596. The van der Waals surface area contributed by atoms with Crippen molar-refractivity contribution >= 4 is 22.5 Å². The van der Waals surface area contributed by atoms with Crippen LogP contribution in [0.15, 0.2) is 11.6 Å². The summed E-state index contributed by atoms with van der Waals surface area (Å²) in [6.07, 6.45) is 4.29. The second-order valence-electron chi connectivity index (χ2n) is 4.41. The third-order valence-electron chi connectivity index (χ3n) is 3.12. The molecule has 2 rings (SSSR count). The van der Waals surface area contributed by atoms with E-state index in [1.54, 1.807) is 18.1 Å². The van der Waals surface area contributed by atoms with E-state index in [4.69, 9.17) is 0 Å². The minimum atomic E-state index is -0.259. The first kappa shape index (κ1) is 12.3. The number of anilines is 1. The monoisotopic (exact) mass is 255 g/mol. The van der Waals surface area contributed by atoms with E-state index in [0.717, 1.165) is 19.3 Å². The Morgan fingerprint density at radius 2 is 2.53 bits per heavy atom. The number of aromatic nitrogens is 1. The fraction of sp³-hybridized carbons (Fsp3) is 0.636. The van der Waals surface area contributed by atoms with Crippen molar-refractivity contribution in [3.05, 3.63) is 11.6 Å². The van der Waals surface area contributed by atoms with Crippen LogP contribution < -0.4 is 5.32 Å². The van der Waals surface area contributed by atoms with Crippen LogP contribution in [-0.2, 0) is 0 Å². The normalized spacial score (nSPS) is 23.6. The first-order valence-electron chi connectivity index (χ1n) is 5.76. The minimum absolute atomic E-state index is 0.168. The fourth-order valence-corrected chi connectivity index (χ4v) is 2.66. The van der Waals surface area contributed by atoms with Crippen molar-refractivity contribution in [1.82, 2.24) is 9.88 Å². The third-order valence-corrected chi connectivity index (χ3v) is 3.81. The summed E-state index contributed by atoms with van der Waals surface area (Å²) in [7, 11) is 1.74. The average Bonchev–Trinajstić information content (AvgIpc) is 2.91. The van der Waals surface area contributed by atoms with Crippen LogP contribution in [0, 0.1) is 5.92 Å². The number of aliphatic hydroxyl groups is 1. The lowest BCUT2D eigenvalue weighted by Crippen LogP contribution is -2.37. The van der Waals surface area contributed by atoms with Gasteiger partial charge in [-0.1, -0.05) is 6.42 Å². The number of urea groups is 1. The predicted molar refractivity (Wildman–Crippen MR) is 67.1 cm³/mol.